The average Bonchev–Trinajstić information content (AvgIpc) is 2.65. The maximum atomic E-state index is 5.71. The van der Waals surface area contributed by atoms with Crippen molar-refractivity contribution in [3.8, 4) is 10.9 Å². The van der Waals surface area contributed by atoms with Crippen LogP contribution in [0.4, 0.5) is 0 Å². The third-order valence-corrected chi connectivity index (χ3v) is 3.54. The lowest BCUT2D eigenvalue weighted by atomic mass is 10.3. The molecule has 2 rings (SSSR count). The third kappa shape index (κ3) is 2.65. The van der Waals surface area contributed by atoms with Crippen LogP contribution >= 0.6 is 34.7 Å². The normalized spacial score (nSPS) is 10.3. The molecule has 0 saturated carbocycles. The van der Waals surface area contributed by atoms with E-state index >= 15 is 0 Å². The molecular weight excluding hydrogens is 250 g/mol. The summed E-state index contributed by atoms with van der Waals surface area (Å²) in [6.45, 7) is 0. The first-order valence-electron chi connectivity index (χ1n) is 4.21. The Morgan fingerprint density at radius 2 is 2.20 bits per heavy atom. The Morgan fingerprint density at radius 1 is 1.40 bits per heavy atom. The van der Waals surface area contributed by atoms with E-state index in [0.29, 0.717) is 10.3 Å². The minimum absolute atomic E-state index is 0.469. The molecule has 0 aliphatic heterocycles. The van der Waals surface area contributed by atoms with Crippen LogP contribution in [0.5, 0.6) is 10.9 Å². The molecule has 1 aromatic carbocycles. The van der Waals surface area contributed by atoms with Crippen molar-refractivity contribution in [2.45, 2.75) is 4.90 Å². The fourth-order valence-corrected chi connectivity index (χ4v) is 2.41. The molecule has 0 spiro atoms. The summed E-state index contributed by atoms with van der Waals surface area (Å²) in [6.07, 6.45) is 2.01. The van der Waals surface area contributed by atoms with Crippen molar-refractivity contribution in [3.05, 3.63) is 34.8 Å². The predicted octanol–water partition coefficient (Wildman–Crippen LogP) is 4.31. The second-order valence-corrected chi connectivity index (χ2v) is 4.75. The molecule has 0 aliphatic carbocycles. The summed E-state index contributed by atoms with van der Waals surface area (Å²) in [5, 5.41) is 2.79. The van der Waals surface area contributed by atoms with Crippen molar-refractivity contribution < 1.29 is 4.74 Å². The summed E-state index contributed by atoms with van der Waals surface area (Å²) >= 11 is 8.74. The maximum absolute atomic E-state index is 5.71. The molecule has 1 aromatic heterocycles. The van der Waals surface area contributed by atoms with E-state index in [9.17, 15) is 0 Å². The Morgan fingerprint density at radius 3 is 2.87 bits per heavy atom. The van der Waals surface area contributed by atoms with Gasteiger partial charge in [-0.25, -0.2) is 0 Å². The number of hydrogen-bond acceptors (Lipinski definition) is 4. The highest BCUT2D eigenvalue weighted by Crippen LogP contribution is 2.33. The highest BCUT2D eigenvalue weighted by Gasteiger charge is 2.06. The van der Waals surface area contributed by atoms with E-state index in [1.54, 1.807) is 17.1 Å². The van der Waals surface area contributed by atoms with Crippen LogP contribution in [0.1, 0.15) is 0 Å². The van der Waals surface area contributed by atoms with Gasteiger partial charge in [0.2, 0.25) is 0 Å². The number of hydrogen-bond donors (Lipinski definition) is 0. The van der Waals surface area contributed by atoms with Crippen molar-refractivity contribution in [2.24, 2.45) is 0 Å². The van der Waals surface area contributed by atoms with E-state index in [-0.39, 0.29) is 0 Å². The second-order valence-electron chi connectivity index (χ2n) is 2.69. The van der Waals surface area contributed by atoms with Crippen LogP contribution in [0.25, 0.3) is 0 Å². The lowest BCUT2D eigenvalue weighted by Gasteiger charge is -2.05. The summed E-state index contributed by atoms with van der Waals surface area (Å²) < 4.78 is 5.62. The summed E-state index contributed by atoms with van der Waals surface area (Å²) in [6, 6.07) is 7.84. The fourth-order valence-electron chi connectivity index (χ4n) is 1.08. The van der Waals surface area contributed by atoms with Gasteiger partial charge in [0.15, 0.2) is 0 Å². The number of halogens is 1. The van der Waals surface area contributed by atoms with Gasteiger partial charge in [0.1, 0.15) is 10.9 Å². The van der Waals surface area contributed by atoms with Crippen molar-refractivity contribution in [3.63, 3.8) is 0 Å². The summed E-state index contributed by atoms with van der Waals surface area (Å²) in [5.41, 5.74) is 0. The number of thiazole rings is 1. The Labute approximate surface area is 101 Å². The van der Waals surface area contributed by atoms with E-state index in [4.69, 9.17) is 16.3 Å². The number of nitrogens with zero attached hydrogens (tertiary/aromatic N) is 1. The molecule has 78 valence electrons. The number of benzene rings is 1. The lowest BCUT2D eigenvalue weighted by Crippen LogP contribution is -1.85. The number of ether oxygens (including phenoxy) is 1. The van der Waals surface area contributed by atoms with Crippen molar-refractivity contribution in [2.75, 3.05) is 6.26 Å². The average molecular weight is 258 g/mol. The molecule has 0 aliphatic rings. The zero-order valence-corrected chi connectivity index (χ0v) is 10.3. The first-order valence-corrected chi connectivity index (χ1v) is 6.70. The van der Waals surface area contributed by atoms with Crippen LogP contribution in [-0.2, 0) is 0 Å². The molecular formula is C10H8ClNOS2. The number of aromatic nitrogens is 1. The van der Waals surface area contributed by atoms with Crippen LogP contribution in [-0.4, -0.2) is 11.2 Å². The Kier molecular flexibility index (Phi) is 3.51. The van der Waals surface area contributed by atoms with E-state index in [2.05, 4.69) is 4.98 Å². The van der Waals surface area contributed by atoms with E-state index in [1.165, 1.54) is 11.3 Å². The summed E-state index contributed by atoms with van der Waals surface area (Å²) in [7, 11) is 0. The van der Waals surface area contributed by atoms with Crippen molar-refractivity contribution >= 4 is 34.7 Å². The Bertz CT molecular complexity index is 458. The maximum Gasteiger partial charge on any atom is 0.280 e. The first kappa shape index (κ1) is 10.8. The molecule has 0 unspecified atom stereocenters. The third-order valence-electron chi connectivity index (χ3n) is 1.72. The number of para-hydroxylation sites is 1. The van der Waals surface area contributed by atoms with Crippen LogP contribution in [0, 0.1) is 0 Å². The smallest absolute Gasteiger partial charge is 0.280 e. The topological polar surface area (TPSA) is 22.1 Å². The van der Waals surface area contributed by atoms with E-state index in [0.717, 1.165) is 10.6 Å². The fraction of sp³-hybridized carbons (Fsp3) is 0.100. The Hall–Kier alpha value is -0.710. The highest BCUT2D eigenvalue weighted by atomic mass is 35.5. The van der Waals surface area contributed by atoms with Gasteiger partial charge in [0, 0.05) is 10.3 Å². The van der Waals surface area contributed by atoms with Crippen LogP contribution in [0.3, 0.4) is 0 Å². The van der Waals surface area contributed by atoms with Gasteiger partial charge in [0.05, 0.1) is 0 Å². The van der Waals surface area contributed by atoms with Crippen molar-refractivity contribution in [1.82, 2.24) is 4.98 Å². The first-order chi connectivity index (χ1) is 7.29. The molecule has 15 heavy (non-hydrogen) atoms. The van der Waals surface area contributed by atoms with Gasteiger partial charge >= 0.3 is 0 Å². The van der Waals surface area contributed by atoms with E-state index in [1.807, 2.05) is 30.5 Å². The van der Waals surface area contributed by atoms with E-state index < -0.39 is 0 Å². The molecule has 2 nitrogen and oxygen atoms in total. The van der Waals surface area contributed by atoms with Gasteiger partial charge in [-0.3, -0.25) is 0 Å². The minimum atomic E-state index is 0.469. The SMILES string of the molecule is CSc1ccccc1Oc1nc(Cl)cs1. The largest absolute Gasteiger partial charge is 0.430 e. The molecule has 0 saturated heterocycles. The van der Waals surface area contributed by atoms with Gasteiger partial charge in [0.25, 0.3) is 5.19 Å². The minimum Gasteiger partial charge on any atom is -0.430 e. The molecule has 0 atom stereocenters. The molecule has 0 fully saturated rings. The van der Waals surface area contributed by atoms with Gasteiger partial charge < -0.3 is 4.74 Å². The molecule has 0 bridgehead atoms. The summed E-state index contributed by atoms with van der Waals surface area (Å²) in [4.78, 5) is 5.12. The molecule has 2 aromatic rings. The molecule has 0 N–H and O–H groups in total. The van der Waals surface area contributed by atoms with Gasteiger partial charge in [-0.2, -0.15) is 4.98 Å². The second kappa shape index (κ2) is 4.88. The Balaban J connectivity index is 2.23. The lowest BCUT2D eigenvalue weighted by molar-refractivity contribution is 0.467. The standard InChI is InChI=1S/C10H8ClNOS2/c1-14-8-5-3-2-4-7(8)13-10-12-9(11)6-15-10/h2-6H,1H3. The monoisotopic (exact) mass is 257 g/mol. The zero-order chi connectivity index (χ0) is 10.7. The highest BCUT2D eigenvalue weighted by molar-refractivity contribution is 7.98. The van der Waals surface area contributed by atoms with Crippen molar-refractivity contribution in [1.29, 1.82) is 0 Å². The van der Waals surface area contributed by atoms with Gasteiger partial charge in [-0.1, -0.05) is 35.1 Å². The summed E-state index contributed by atoms with van der Waals surface area (Å²) in [5.74, 6) is 0.816. The molecule has 0 amide bonds. The predicted molar refractivity (Wildman–Crippen MR) is 65.4 cm³/mol. The number of rotatable bonds is 3. The van der Waals surface area contributed by atoms with Crippen LogP contribution < -0.4 is 4.74 Å². The number of thioether (sulfide) groups is 1. The quantitative estimate of drug-likeness (QED) is 0.765. The van der Waals surface area contributed by atoms with Crippen LogP contribution in [0.15, 0.2) is 34.5 Å². The molecule has 5 heteroatoms. The molecule has 0 radical (unpaired) electrons. The van der Waals surface area contributed by atoms with Crippen LogP contribution in [0.2, 0.25) is 5.15 Å². The van der Waals surface area contributed by atoms with Gasteiger partial charge in [-0.15, -0.1) is 11.8 Å². The van der Waals surface area contributed by atoms with Gasteiger partial charge in [-0.05, 0) is 18.4 Å². The zero-order valence-electron chi connectivity index (χ0n) is 7.94. The molecule has 1 heterocycles.